The fourth-order valence-corrected chi connectivity index (χ4v) is 4.49. The molecule has 2 N–H and O–H groups in total. The standard InChI is InChI=1S/C21H23N5O3S/c27-18(22-17-11-5-4-10-16(17)20(28)29)14-30-21-24-23-19(15-8-2-1-3-9-15)26(21)25-12-6-7-13-25/h4-7,10-13,15H,1-3,8-9,14H2,(H,22,27)(H,28,29). The molecule has 1 saturated carbocycles. The van der Waals surface area contributed by atoms with Crippen molar-refractivity contribution in [2.75, 3.05) is 11.1 Å². The zero-order chi connectivity index (χ0) is 20.9. The summed E-state index contributed by atoms with van der Waals surface area (Å²) < 4.78 is 3.91. The fraction of sp³-hybridized carbons (Fsp3) is 0.333. The van der Waals surface area contributed by atoms with Gasteiger partial charge in [-0.1, -0.05) is 43.2 Å². The number of hydrogen-bond donors (Lipinski definition) is 2. The van der Waals surface area contributed by atoms with Gasteiger partial charge in [0.25, 0.3) is 0 Å². The van der Waals surface area contributed by atoms with Crippen LogP contribution in [0.1, 0.15) is 54.2 Å². The third kappa shape index (κ3) is 4.40. The average Bonchev–Trinajstić information content (AvgIpc) is 3.42. The predicted molar refractivity (Wildman–Crippen MR) is 114 cm³/mol. The summed E-state index contributed by atoms with van der Waals surface area (Å²) in [5.74, 6) is 0.000168. The number of carbonyl (C=O) groups excluding carboxylic acids is 1. The van der Waals surface area contributed by atoms with Crippen LogP contribution >= 0.6 is 11.8 Å². The Balaban J connectivity index is 1.50. The van der Waals surface area contributed by atoms with Crippen molar-refractivity contribution in [1.29, 1.82) is 0 Å². The van der Waals surface area contributed by atoms with E-state index in [0.29, 0.717) is 11.1 Å². The zero-order valence-corrected chi connectivity index (χ0v) is 17.2. The molecule has 0 aliphatic heterocycles. The minimum atomic E-state index is -1.08. The molecule has 9 heteroatoms. The lowest BCUT2D eigenvalue weighted by Crippen LogP contribution is -2.19. The molecule has 0 unspecified atom stereocenters. The van der Waals surface area contributed by atoms with E-state index < -0.39 is 5.97 Å². The van der Waals surface area contributed by atoms with Gasteiger partial charge in [0.15, 0.2) is 5.82 Å². The molecule has 0 radical (unpaired) electrons. The number of carbonyl (C=O) groups is 2. The molecule has 1 fully saturated rings. The van der Waals surface area contributed by atoms with Crippen molar-refractivity contribution in [2.24, 2.45) is 0 Å². The molecule has 1 amide bonds. The SMILES string of the molecule is O=C(CSc1nnc(C2CCCCC2)n1-n1cccc1)Nc1ccccc1C(=O)O. The van der Waals surface area contributed by atoms with Crippen LogP contribution in [0.15, 0.2) is 53.9 Å². The number of aromatic carboxylic acids is 1. The number of thioether (sulfide) groups is 1. The molecular weight excluding hydrogens is 402 g/mol. The van der Waals surface area contributed by atoms with Gasteiger partial charge in [0.05, 0.1) is 17.0 Å². The number of anilines is 1. The van der Waals surface area contributed by atoms with E-state index in [4.69, 9.17) is 0 Å². The molecule has 1 aromatic carbocycles. The van der Waals surface area contributed by atoms with Gasteiger partial charge in [-0.15, -0.1) is 10.2 Å². The fourth-order valence-electron chi connectivity index (χ4n) is 3.75. The first-order chi connectivity index (χ1) is 14.6. The Labute approximate surface area is 178 Å². The first kappa shape index (κ1) is 20.2. The maximum Gasteiger partial charge on any atom is 0.337 e. The van der Waals surface area contributed by atoms with Crippen LogP contribution in [0.5, 0.6) is 0 Å². The van der Waals surface area contributed by atoms with Crippen LogP contribution < -0.4 is 5.32 Å². The number of nitrogens with one attached hydrogen (secondary N) is 1. The van der Waals surface area contributed by atoms with Gasteiger partial charge >= 0.3 is 5.97 Å². The third-order valence-electron chi connectivity index (χ3n) is 5.19. The van der Waals surface area contributed by atoms with E-state index >= 15 is 0 Å². The smallest absolute Gasteiger partial charge is 0.337 e. The van der Waals surface area contributed by atoms with Gasteiger partial charge in [-0.2, -0.15) is 0 Å². The predicted octanol–water partition coefficient (Wildman–Crippen LogP) is 3.87. The molecule has 0 atom stereocenters. The lowest BCUT2D eigenvalue weighted by Gasteiger charge is -2.22. The van der Waals surface area contributed by atoms with Gasteiger partial charge in [0, 0.05) is 18.3 Å². The Hall–Kier alpha value is -3.07. The summed E-state index contributed by atoms with van der Waals surface area (Å²) in [7, 11) is 0. The highest BCUT2D eigenvalue weighted by atomic mass is 32.2. The number of aromatic nitrogens is 4. The van der Waals surface area contributed by atoms with E-state index in [1.165, 1.54) is 37.1 Å². The molecule has 4 rings (SSSR count). The van der Waals surface area contributed by atoms with Crippen molar-refractivity contribution in [1.82, 2.24) is 19.5 Å². The van der Waals surface area contributed by atoms with E-state index in [2.05, 4.69) is 15.5 Å². The van der Waals surface area contributed by atoms with Crippen LogP contribution in [0, 0.1) is 0 Å². The van der Waals surface area contributed by atoms with Crippen LogP contribution in [0.25, 0.3) is 0 Å². The second-order valence-corrected chi connectivity index (χ2v) is 8.18. The summed E-state index contributed by atoms with van der Waals surface area (Å²) in [6.45, 7) is 0. The molecule has 0 bridgehead atoms. The van der Waals surface area contributed by atoms with Crippen molar-refractivity contribution in [3.05, 3.63) is 60.2 Å². The summed E-state index contributed by atoms with van der Waals surface area (Å²) >= 11 is 1.28. The number of rotatable bonds is 7. The van der Waals surface area contributed by atoms with Crippen molar-refractivity contribution < 1.29 is 14.7 Å². The summed E-state index contributed by atoms with van der Waals surface area (Å²) in [6, 6.07) is 10.2. The lowest BCUT2D eigenvalue weighted by molar-refractivity contribution is -0.113. The second-order valence-electron chi connectivity index (χ2n) is 7.24. The van der Waals surface area contributed by atoms with Gasteiger partial charge in [0.2, 0.25) is 11.1 Å². The number of benzene rings is 1. The highest BCUT2D eigenvalue weighted by Gasteiger charge is 2.25. The van der Waals surface area contributed by atoms with Gasteiger partial charge in [-0.3, -0.25) is 9.47 Å². The number of nitrogens with zero attached hydrogens (tertiary/aromatic N) is 4. The molecule has 3 aromatic rings. The summed E-state index contributed by atoms with van der Waals surface area (Å²) in [5, 5.41) is 21.4. The molecule has 2 aromatic heterocycles. The normalized spacial score (nSPS) is 14.5. The van der Waals surface area contributed by atoms with Crippen LogP contribution in [0.2, 0.25) is 0 Å². The lowest BCUT2D eigenvalue weighted by atomic mass is 9.89. The number of amides is 1. The molecule has 2 heterocycles. The van der Waals surface area contributed by atoms with Gasteiger partial charge < -0.3 is 10.4 Å². The van der Waals surface area contributed by atoms with Gasteiger partial charge in [0.1, 0.15) is 0 Å². The van der Waals surface area contributed by atoms with Gasteiger partial charge in [-0.25, -0.2) is 9.47 Å². The molecule has 8 nitrogen and oxygen atoms in total. The topological polar surface area (TPSA) is 102 Å². The van der Waals surface area contributed by atoms with Crippen LogP contribution in [-0.4, -0.2) is 42.3 Å². The summed E-state index contributed by atoms with van der Waals surface area (Å²) in [5.41, 5.74) is 0.344. The van der Waals surface area contributed by atoms with Crippen molar-refractivity contribution in [2.45, 2.75) is 43.2 Å². The Morgan fingerprint density at radius 3 is 2.53 bits per heavy atom. The monoisotopic (exact) mass is 425 g/mol. The van der Waals surface area contributed by atoms with E-state index in [1.54, 1.807) is 18.2 Å². The molecule has 30 heavy (non-hydrogen) atoms. The number of para-hydroxylation sites is 1. The van der Waals surface area contributed by atoms with Gasteiger partial charge in [-0.05, 0) is 37.1 Å². The zero-order valence-electron chi connectivity index (χ0n) is 16.4. The first-order valence-electron chi connectivity index (χ1n) is 9.97. The average molecular weight is 426 g/mol. The quantitative estimate of drug-likeness (QED) is 0.557. The minimum Gasteiger partial charge on any atom is -0.478 e. The van der Waals surface area contributed by atoms with E-state index in [0.717, 1.165) is 18.7 Å². The molecular formula is C21H23N5O3S. The molecule has 1 aliphatic rings. The second kappa shape index (κ2) is 9.17. The molecule has 0 spiro atoms. The third-order valence-corrected chi connectivity index (χ3v) is 6.11. The summed E-state index contributed by atoms with van der Waals surface area (Å²) in [6.07, 6.45) is 9.70. The number of carboxylic acids is 1. The maximum atomic E-state index is 12.5. The number of hydrogen-bond acceptors (Lipinski definition) is 5. The Kier molecular flexibility index (Phi) is 6.18. The Morgan fingerprint density at radius 2 is 1.80 bits per heavy atom. The highest BCUT2D eigenvalue weighted by Crippen LogP contribution is 2.33. The minimum absolute atomic E-state index is 0.0611. The summed E-state index contributed by atoms with van der Waals surface area (Å²) in [4.78, 5) is 23.8. The Morgan fingerprint density at radius 1 is 1.07 bits per heavy atom. The van der Waals surface area contributed by atoms with Crippen molar-refractivity contribution in [3.63, 3.8) is 0 Å². The molecule has 0 saturated heterocycles. The van der Waals surface area contributed by atoms with E-state index in [1.807, 2.05) is 33.9 Å². The highest BCUT2D eigenvalue weighted by molar-refractivity contribution is 7.99. The van der Waals surface area contributed by atoms with E-state index in [9.17, 15) is 14.7 Å². The van der Waals surface area contributed by atoms with Crippen molar-refractivity contribution in [3.8, 4) is 0 Å². The van der Waals surface area contributed by atoms with Crippen LogP contribution in [0.3, 0.4) is 0 Å². The molecule has 1 aliphatic carbocycles. The van der Waals surface area contributed by atoms with E-state index in [-0.39, 0.29) is 22.9 Å². The Bertz CT molecular complexity index is 1030. The first-order valence-corrected chi connectivity index (χ1v) is 11.0. The van der Waals surface area contributed by atoms with Crippen LogP contribution in [0.4, 0.5) is 5.69 Å². The molecule has 156 valence electrons. The number of carboxylic acid groups (broad SMARTS) is 1. The largest absolute Gasteiger partial charge is 0.478 e. The van der Waals surface area contributed by atoms with Crippen molar-refractivity contribution >= 4 is 29.3 Å². The maximum absolute atomic E-state index is 12.5. The van der Waals surface area contributed by atoms with Crippen LogP contribution in [-0.2, 0) is 4.79 Å².